The number of fused-ring (bicyclic) bond motifs is 1. The van der Waals surface area contributed by atoms with Gasteiger partial charge in [-0.2, -0.15) is 0 Å². The van der Waals surface area contributed by atoms with Crippen molar-refractivity contribution in [2.45, 2.75) is 38.8 Å². The quantitative estimate of drug-likeness (QED) is 0.748. The molecule has 0 saturated carbocycles. The number of rotatable bonds is 4. The van der Waals surface area contributed by atoms with Crippen LogP contribution in [0.5, 0.6) is 5.75 Å². The second-order valence-corrected chi connectivity index (χ2v) is 8.24. The molecule has 1 aromatic carbocycles. The molecular formula is C21H26N6O. The lowest BCUT2D eigenvalue weighted by atomic mass is 10.1. The number of hydrogen-bond acceptors (Lipinski definition) is 7. The zero-order valence-electron chi connectivity index (χ0n) is 16.8. The number of pyridine rings is 1. The summed E-state index contributed by atoms with van der Waals surface area (Å²) in [7, 11) is 1.66. The zero-order valence-corrected chi connectivity index (χ0v) is 16.8. The van der Waals surface area contributed by atoms with Gasteiger partial charge < -0.3 is 15.0 Å². The van der Waals surface area contributed by atoms with Gasteiger partial charge in [0.05, 0.1) is 13.3 Å². The lowest BCUT2D eigenvalue weighted by Crippen LogP contribution is -2.45. The highest BCUT2D eigenvalue weighted by Gasteiger charge is 2.27. The molecule has 146 valence electrons. The molecule has 3 aromatic rings. The van der Waals surface area contributed by atoms with E-state index >= 15 is 0 Å². The molecule has 0 amide bonds. The van der Waals surface area contributed by atoms with Gasteiger partial charge in [-0.05, 0) is 50.8 Å². The fraction of sp³-hybridized carbons (Fsp3) is 0.429. The van der Waals surface area contributed by atoms with Crippen LogP contribution in [0.15, 0.2) is 36.8 Å². The van der Waals surface area contributed by atoms with Crippen LogP contribution in [0.3, 0.4) is 0 Å². The van der Waals surface area contributed by atoms with Crippen LogP contribution in [-0.4, -0.2) is 51.9 Å². The van der Waals surface area contributed by atoms with Crippen LogP contribution >= 0.6 is 0 Å². The predicted octanol–water partition coefficient (Wildman–Crippen LogP) is 3.06. The van der Waals surface area contributed by atoms with Gasteiger partial charge in [-0.1, -0.05) is 0 Å². The van der Waals surface area contributed by atoms with Gasteiger partial charge in [-0.3, -0.25) is 4.98 Å². The summed E-state index contributed by atoms with van der Waals surface area (Å²) in [4.78, 5) is 10.9. The maximum Gasteiger partial charge on any atom is 0.245 e. The van der Waals surface area contributed by atoms with Crippen LogP contribution in [0, 0.1) is 0 Å². The maximum absolute atomic E-state index is 5.56. The fourth-order valence-corrected chi connectivity index (χ4v) is 3.69. The Morgan fingerprint density at radius 3 is 2.71 bits per heavy atom. The summed E-state index contributed by atoms with van der Waals surface area (Å²) in [5.74, 6) is 1.41. The van der Waals surface area contributed by atoms with E-state index in [2.05, 4.69) is 51.2 Å². The van der Waals surface area contributed by atoms with Gasteiger partial charge in [0.25, 0.3) is 0 Å². The summed E-state index contributed by atoms with van der Waals surface area (Å²) in [5.41, 5.74) is 1.68. The largest absolute Gasteiger partial charge is 0.496 e. The van der Waals surface area contributed by atoms with Crippen LogP contribution in [0.4, 0.5) is 5.95 Å². The van der Waals surface area contributed by atoms with Crippen molar-refractivity contribution >= 4 is 16.7 Å². The standard InChI is InChI=1S/C21H26N6O/c1-21(2,3)24-16-6-8-27(13-16)20-23-12-18(25-26-20)17-9-14-5-7-22-11-15(14)10-19(17)28-4/h5,7,9-12,16,24H,6,8,13H2,1-4H3. The number of aromatic nitrogens is 4. The van der Waals surface area contributed by atoms with Gasteiger partial charge in [0.15, 0.2) is 0 Å². The Bertz CT molecular complexity index is 967. The fourth-order valence-electron chi connectivity index (χ4n) is 3.69. The van der Waals surface area contributed by atoms with Gasteiger partial charge >= 0.3 is 0 Å². The van der Waals surface area contributed by atoms with E-state index in [1.165, 1.54) is 0 Å². The number of nitrogens with one attached hydrogen (secondary N) is 1. The Morgan fingerprint density at radius 2 is 2.00 bits per heavy atom. The molecule has 0 spiro atoms. The molecule has 7 heteroatoms. The van der Waals surface area contributed by atoms with E-state index in [4.69, 9.17) is 4.74 Å². The average molecular weight is 378 g/mol. The molecule has 1 atom stereocenters. The normalized spacial score (nSPS) is 17.3. The van der Waals surface area contributed by atoms with E-state index in [9.17, 15) is 0 Å². The molecule has 1 aliphatic rings. The van der Waals surface area contributed by atoms with Crippen molar-refractivity contribution in [3.8, 4) is 17.0 Å². The lowest BCUT2D eigenvalue weighted by molar-refractivity contribution is 0.373. The van der Waals surface area contributed by atoms with Gasteiger partial charge in [-0.25, -0.2) is 4.98 Å². The first-order valence-corrected chi connectivity index (χ1v) is 9.57. The third-order valence-electron chi connectivity index (χ3n) is 4.89. The van der Waals surface area contributed by atoms with Crippen molar-refractivity contribution in [3.63, 3.8) is 0 Å². The molecule has 1 fully saturated rings. The highest BCUT2D eigenvalue weighted by molar-refractivity contribution is 5.89. The molecule has 1 aliphatic heterocycles. The number of methoxy groups -OCH3 is 1. The maximum atomic E-state index is 5.56. The summed E-state index contributed by atoms with van der Waals surface area (Å²) in [6, 6.07) is 6.43. The molecule has 1 N–H and O–H groups in total. The van der Waals surface area contributed by atoms with Crippen LogP contribution < -0.4 is 15.0 Å². The smallest absolute Gasteiger partial charge is 0.245 e. The van der Waals surface area contributed by atoms with E-state index in [0.717, 1.165) is 41.6 Å². The minimum absolute atomic E-state index is 0.103. The van der Waals surface area contributed by atoms with Crippen LogP contribution in [0.25, 0.3) is 22.0 Å². The van der Waals surface area contributed by atoms with Crippen molar-refractivity contribution in [3.05, 3.63) is 36.8 Å². The molecule has 7 nitrogen and oxygen atoms in total. The Balaban J connectivity index is 1.56. The van der Waals surface area contributed by atoms with Crippen molar-refractivity contribution in [1.82, 2.24) is 25.5 Å². The summed E-state index contributed by atoms with van der Waals surface area (Å²) in [6.45, 7) is 8.40. The SMILES string of the molecule is COc1cc2cnccc2cc1-c1cnc(N2CCC(NC(C)(C)C)C2)nn1. The van der Waals surface area contributed by atoms with E-state index < -0.39 is 0 Å². The van der Waals surface area contributed by atoms with Crippen LogP contribution in [0.2, 0.25) is 0 Å². The van der Waals surface area contributed by atoms with E-state index in [0.29, 0.717) is 17.7 Å². The van der Waals surface area contributed by atoms with Crippen molar-refractivity contribution in [2.24, 2.45) is 0 Å². The highest BCUT2D eigenvalue weighted by Crippen LogP contribution is 2.32. The molecule has 28 heavy (non-hydrogen) atoms. The highest BCUT2D eigenvalue weighted by atomic mass is 16.5. The number of anilines is 1. The first-order valence-electron chi connectivity index (χ1n) is 9.57. The topological polar surface area (TPSA) is 76.1 Å². The van der Waals surface area contributed by atoms with Crippen LogP contribution in [0.1, 0.15) is 27.2 Å². The summed E-state index contributed by atoms with van der Waals surface area (Å²) >= 11 is 0. The first-order chi connectivity index (χ1) is 13.4. The van der Waals surface area contributed by atoms with E-state index in [1.807, 2.05) is 24.4 Å². The minimum Gasteiger partial charge on any atom is -0.496 e. The van der Waals surface area contributed by atoms with Gasteiger partial charge in [-0.15, -0.1) is 10.2 Å². The van der Waals surface area contributed by atoms with Gasteiger partial charge in [0.1, 0.15) is 11.4 Å². The van der Waals surface area contributed by atoms with Crippen molar-refractivity contribution in [2.75, 3.05) is 25.1 Å². The number of benzene rings is 1. The Morgan fingerprint density at radius 1 is 1.14 bits per heavy atom. The molecule has 0 radical (unpaired) electrons. The first kappa shape index (κ1) is 18.6. The number of nitrogens with zero attached hydrogens (tertiary/aromatic N) is 5. The monoisotopic (exact) mass is 378 g/mol. The van der Waals surface area contributed by atoms with Gasteiger partial charge in [0.2, 0.25) is 5.95 Å². The number of ether oxygens (including phenoxy) is 1. The molecule has 0 bridgehead atoms. The molecule has 3 heterocycles. The summed E-state index contributed by atoms with van der Waals surface area (Å²) in [6.07, 6.45) is 6.46. The van der Waals surface area contributed by atoms with Crippen molar-refractivity contribution in [1.29, 1.82) is 0 Å². The molecular weight excluding hydrogens is 352 g/mol. The van der Waals surface area contributed by atoms with E-state index in [1.54, 1.807) is 19.5 Å². The molecule has 1 saturated heterocycles. The summed E-state index contributed by atoms with van der Waals surface area (Å²) in [5, 5.41) is 14.6. The Kier molecular flexibility index (Phi) is 4.85. The van der Waals surface area contributed by atoms with Crippen molar-refractivity contribution < 1.29 is 4.74 Å². The Labute approximate surface area is 165 Å². The molecule has 2 aromatic heterocycles. The second-order valence-electron chi connectivity index (χ2n) is 8.24. The van der Waals surface area contributed by atoms with E-state index in [-0.39, 0.29) is 5.54 Å². The third kappa shape index (κ3) is 3.89. The average Bonchev–Trinajstić information content (AvgIpc) is 3.13. The second kappa shape index (κ2) is 7.31. The van der Waals surface area contributed by atoms with Crippen LogP contribution in [-0.2, 0) is 0 Å². The predicted molar refractivity (Wildman–Crippen MR) is 111 cm³/mol. The minimum atomic E-state index is 0.103. The molecule has 4 rings (SSSR count). The molecule has 1 unspecified atom stereocenters. The third-order valence-corrected chi connectivity index (χ3v) is 4.89. The summed E-state index contributed by atoms with van der Waals surface area (Å²) < 4.78 is 5.56. The van der Waals surface area contributed by atoms with Gasteiger partial charge in [0, 0.05) is 48.0 Å². The molecule has 0 aliphatic carbocycles. The number of hydrogen-bond donors (Lipinski definition) is 1. The Hall–Kier alpha value is -2.80. The lowest BCUT2D eigenvalue weighted by Gasteiger charge is -2.25. The zero-order chi connectivity index (χ0) is 19.7.